The van der Waals surface area contributed by atoms with Gasteiger partial charge in [-0.2, -0.15) is 13.2 Å². The topological polar surface area (TPSA) is 33.1 Å². The summed E-state index contributed by atoms with van der Waals surface area (Å²) >= 11 is 5.95. The van der Waals surface area contributed by atoms with Crippen molar-refractivity contribution in [2.75, 3.05) is 0 Å². The lowest BCUT2D eigenvalue weighted by Gasteiger charge is -2.37. The molecular formula is C19H14ClF4NO. The summed E-state index contributed by atoms with van der Waals surface area (Å²) in [6, 6.07) is 10.5. The van der Waals surface area contributed by atoms with Crippen LogP contribution in [0.25, 0.3) is 10.9 Å². The van der Waals surface area contributed by atoms with Crippen molar-refractivity contribution in [1.82, 2.24) is 4.98 Å². The summed E-state index contributed by atoms with van der Waals surface area (Å²) in [5, 5.41) is 11.2. The van der Waals surface area contributed by atoms with Gasteiger partial charge in [0.2, 0.25) is 0 Å². The van der Waals surface area contributed by atoms with Crippen LogP contribution in [0.5, 0.6) is 0 Å². The molecule has 2 unspecified atom stereocenters. The fourth-order valence-electron chi connectivity index (χ4n) is 3.12. The van der Waals surface area contributed by atoms with E-state index in [-0.39, 0.29) is 21.7 Å². The Morgan fingerprint density at radius 2 is 1.77 bits per heavy atom. The van der Waals surface area contributed by atoms with Gasteiger partial charge in [-0.15, -0.1) is 0 Å². The Kier molecular flexibility index (Phi) is 4.67. The smallest absolute Gasteiger partial charge is 0.376 e. The molecule has 0 aliphatic heterocycles. The van der Waals surface area contributed by atoms with Crippen LogP contribution in [0.3, 0.4) is 0 Å². The van der Waals surface area contributed by atoms with Crippen LogP contribution < -0.4 is 0 Å². The number of benzene rings is 2. The summed E-state index contributed by atoms with van der Waals surface area (Å²) in [6.07, 6.45) is -3.66. The van der Waals surface area contributed by atoms with Crippen LogP contribution in [0.2, 0.25) is 5.02 Å². The maximum atomic E-state index is 14.1. The van der Waals surface area contributed by atoms with Gasteiger partial charge in [0.15, 0.2) is 5.60 Å². The molecule has 3 aromatic rings. The molecule has 2 atom stereocenters. The normalized spacial score (nSPS) is 15.7. The first-order valence-electron chi connectivity index (χ1n) is 7.74. The molecule has 0 radical (unpaired) electrons. The van der Waals surface area contributed by atoms with E-state index >= 15 is 0 Å². The molecule has 2 nitrogen and oxygen atoms in total. The molecule has 136 valence electrons. The minimum atomic E-state index is -5.02. The Balaban J connectivity index is 2.28. The highest BCUT2D eigenvalue weighted by atomic mass is 35.5. The zero-order valence-corrected chi connectivity index (χ0v) is 14.3. The van der Waals surface area contributed by atoms with Crippen molar-refractivity contribution in [3.63, 3.8) is 0 Å². The predicted molar refractivity (Wildman–Crippen MR) is 91.5 cm³/mol. The summed E-state index contributed by atoms with van der Waals surface area (Å²) in [4.78, 5) is 4.02. The van der Waals surface area contributed by atoms with Gasteiger partial charge in [0.1, 0.15) is 5.82 Å². The molecule has 0 bridgehead atoms. The second-order valence-electron chi connectivity index (χ2n) is 6.03. The molecule has 0 amide bonds. The summed E-state index contributed by atoms with van der Waals surface area (Å²) < 4.78 is 55.5. The molecular weight excluding hydrogens is 370 g/mol. The lowest BCUT2D eigenvalue weighted by molar-refractivity contribution is -0.274. The number of hydrogen-bond acceptors (Lipinski definition) is 2. The summed E-state index contributed by atoms with van der Waals surface area (Å²) in [5.74, 6) is -2.17. The highest BCUT2D eigenvalue weighted by Gasteiger charge is 2.59. The van der Waals surface area contributed by atoms with E-state index in [0.717, 1.165) is 18.2 Å². The Bertz CT molecular complexity index is 954. The standard InChI is InChI=1S/C19H14ClF4NO/c1-11(14-8-7-13(21)10-16(14)20)18(26,19(22,23)24)15-6-2-4-12-5-3-9-25-17(12)15/h2-11,26H,1H3. The van der Waals surface area contributed by atoms with Crippen molar-refractivity contribution in [3.8, 4) is 0 Å². The van der Waals surface area contributed by atoms with E-state index in [4.69, 9.17) is 11.6 Å². The molecule has 2 aromatic carbocycles. The molecule has 1 heterocycles. The number of halogens is 5. The number of para-hydroxylation sites is 1. The van der Waals surface area contributed by atoms with Crippen LogP contribution in [0, 0.1) is 5.82 Å². The number of nitrogens with zero attached hydrogens (tertiary/aromatic N) is 1. The highest BCUT2D eigenvalue weighted by Crippen LogP contribution is 2.51. The number of alkyl halides is 3. The first-order chi connectivity index (χ1) is 12.2. The number of rotatable bonds is 3. The number of pyridine rings is 1. The van der Waals surface area contributed by atoms with Gasteiger partial charge in [-0.05, 0) is 23.8 Å². The summed E-state index contributed by atoms with van der Waals surface area (Å²) in [5.41, 5.74) is -3.61. The fourth-order valence-corrected chi connectivity index (χ4v) is 3.45. The van der Waals surface area contributed by atoms with E-state index in [0.29, 0.717) is 5.39 Å². The zero-order valence-electron chi connectivity index (χ0n) is 13.6. The SMILES string of the molecule is CC(c1ccc(F)cc1Cl)C(O)(c1cccc2cccnc12)C(F)(F)F. The lowest BCUT2D eigenvalue weighted by Crippen LogP contribution is -2.46. The second-order valence-corrected chi connectivity index (χ2v) is 6.44. The van der Waals surface area contributed by atoms with Gasteiger partial charge in [0.05, 0.1) is 5.52 Å². The van der Waals surface area contributed by atoms with Crippen molar-refractivity contribution in [3.05, 3.63) is 76.7 Å². The quantitative estimate of drug-likeness (QED) is 0.599. The monoisotopic (exact) mass is 383 g/mol. The average Bonchev–Trinajstić information content (AvgIpc) is 2.59. The van der Waals surface area contributed by atoms with Gasteiger partial charge in [-0.3, -0.25) is 4.98 Å². The number of hydrogen-bond donors (Lipinski definition) is 1. The van der Waals surface area contributed by atoms with E-state index in [2.05, 4.69) is 4.98 Å². The van der Waals surface area contributed by atoms with Crippen LogP contribution in [-0.2, 0) is 5.60 Å². The molecule has 0 aliphatic rings. The van der Waals surface area contributed by atoms with Crippen molar-refractivity contribution in [1.29, 1.82) is 0 Å². The minimum absolute atomic E-state index is 0.0131. The third-order valence-electron chi connectivity index (χ3n) is 4.53. The van der Waals surface area contributed by atoms with Gasteiger partial charge in [0.25, 0.3) is 0 Å². The van der Waals surface area contributed by atoms with Crippen LogP contribution in [-0.4, -0.2) is 16.3 Å². The predicted octanol–water partition coefficient (Wildman–Crippen LogP) is 5.58. The Morgan fingerprint density at radius 1 is 1.08 bits per heavy atom. The second kappa shape index (κ2) is 6.52. The Morgan fingerprint density at radius 3 is 2.42 bits per heavy atom. The molecule has 0 saturated carbocycles. The largest absolute Gasteiger partial charge is 0.422 e. The number of fused-ring (bicyclic) bond motifs is 1. The van der Waals surface area contributed by atoms with Gasteiger partial charge in [-0.1, -0.05) is 48.9 Å². The van der Waals surface area contributed by atoms with Crippen LogP contribution >= 0.6 is 11.6 Å². The molecule has 0 fully saturated rings. The maximum Gasteiger partial charge on any atom is 0.422 e. The van der Waals surface area contributed by atoms with Crippen LogP contribution in [0.4, 0.5) is 17.6 Å². The van der Waals surface area contributed by atoms with Crippen LogP contribution in [0.1, 0.15) is 24.0 Å². The van der Waals surface area contributed by atoms with Crippen molar-refractivity contribution < 1.29 is 22.7 Å². The molecule has 1 aromatic heterocycles. The molecule has 3 rings (SSSR count). The van der Waals surface area contributed by atoms with Gasteiger partial charge < -0.3 is 5.11 Å². The Labute approximate surface area is 152 Å². The highest BCUT2D eigenvalue weighted by molar-refractivity contribution is 6.31. The third kappa shape index (κ3) is 2.93. The van der Waals surface area contributed by atoms with Crippen molar-refractivity contribution in [2.45, 2.75) is 24.6 Å². The molecule has 1 N–H and O–H groups in total. The maximum absolute atomic E-state index is 14.1. The average molecular weight is 384 g/mol. The van der Waals surface area contributed by atoms with Gasteiger partial charge >= 0.3 is 6.18 Å². The van der Waals surface area contributed by atoms with E-state index < -0.39 is 23.5 Å². The summed E-state index contributed by atoms with van der Waals surface area (Å²) in [7, 11) is 0. The fraction of sp³-hybridized carbons (Fsp3) is 0.211. The Hall–Kier alpha value is -2.18. The van der Waals surface area contributed by atoms with Crippen molar-refractivity contribution in [2.24, 2.45) is 0 Å². The number of aliphatic hydroxyl groups is 1. The van der Waals surface area contributed by atoms with E-state index in [1.165, 1.54) is 25.3 Å². The minimum Gasteiger partial charge on any atom is -0.376 e. The number of aromatic nitrogens is 1. The molecule has 26 heavy (non-hydrogen) atoms. The van der Waals surface area contributed by atoms with Gasteiger partial charge in [0, 0.05) is 28.1 Å². The summed E-state index contributed by atoms with van der Waals surface area (Å²) in [6.45, 7) is 1.20. The van der Waals surface area contributed by atoms with Gasteiger partial charge in [-0.25, -0.2) is 4.39 Å². The molecule has 0 spiro atoms. The lowest BCUT2D eigenvalue weighted by atomic mass is 9.77. The van der Waals surface area contributed by atoms with E-state index in [1.54, 1.807) is 18.2 Å². The first-order valence-corrected chi connectivity index (χ1v) is 8.12. The van der Waals surface area contributed by atoms with Crippen LogP contribution in [0.15, 0.2) is 54.7 Å². The molecule has 0 saturated heterocycles. The zero-order chi connectivity index (χ0) is 19.1. The van der Waals surface area contributed by atoms with Crippen molar-refractivity contribution >= 4 is 22.5 Å². The molecule has 7 heteroatoms. The first kappa shape index (κ1) is 18.6. The van der Waals surface area contributed by atoms with E-state index in [1.807, 2.05) is 0 Å². The molecule has 0 aliphatic carbocycles. The van der Waals surface area contributed by atoms with E-state index in [9.17, 15) is 22.7 Å². The third-order valence-corrected chi connectivity index (χ3v) is 4.86.